The van der Waals surface area contributed by atoms with Crippen LogP contribution in [0.15, 0.2) is 18.2 Å². The number of anilines is 1. The largest absolute Gasteiger partial charge is 0.478 e. The third-order valence-corrected chi connectivity index (χ3v) is 3.41. The van der Waals surface area contributed by atoms with Crippen LogP contribution in [0.4, 0.5) is 10.5 Å². The van der Waals surface area contributed by atoms with Crippen molar-refractivity contribution in [2.75, 3.05) is 19.0 Å². The zero-order valence-corrected chi connectivity index (χ0v) is 12.1. The van der Waals surface area contributed by atoms with E-state index in [4.69, 9.17) is 5.11 Å². The van der Waals surface area contributed by atoms with E-state index in [1.807, 2.05) is 0 Å². The predicted octanol–water partition coefficient (Wildman–Crippen LogP) is 1.93. The van der Waals surface area contributed by atoms with Gasteiger partial charge in [-0.2, -0.15) is 0 Å². The van der Waals surface area contributed by atoms with Crippen LogP contribution in [-0.4, -0.2) is 46.3 Å². The van der Waals surface area contributed by atoms with Gasteiger partial charge in [0, 0.05) is 12.7 Å². The molecule has 110 valence electrons. The second-order valence-corrected chi connectivity index (χ2v) is 5.24. The SMILES string of the molecule is Cc1c(NC(=O)N(C)C(C)(C)CO)cccc1C(=O)O. The maximum absolute atomic E-state index is 12.1. The van der Waals surface area contributed by atoms with Gasteiger partial charge in [-0.1, -0.05) is 6.07 Å². The Bertz CT molecular complexity index is 526. The van der Waals surface area contributed by atoms with Crippen LogP contribution in [0.3, 0.4) is 0 Å². The molecule has 2 amide bonds. The number of likely N-dealkylation sites (N-methyl/N-ethyl adjacent to an activating group) is 1. The van der Waals surface area contributed by atoms with Crippen molar-refractivity contribution >= 4 is 17.7 Å². The minimum atomic E-state index is -1.04. The Morgan fingerprint density at radius 2 is 1.95 bits per heavy atom. The van der Waals surface area contributed by atoms with E-state index in [-0.39, 0.29) is 12.2 Å². The molecular weight excluding hydrogens is 260 g/mol. The highest BCUT2D eigenvalue weighted by Crippen LogP contribution is 2.20. The first-order valence-electron chi connectivity index (χ1n) is 6.19. The van der Waals surface area contributed by atoms with E-state index in [1.54, 1.807) is 40.0 Å². The molecule has 0 bridgehead atoms. The number of aliphatic hydroxyl groups is 1. The van der Waals surface area contributed by atoms with Crippen molar-refractivity contribution in [2.24, 2.45) is 0 Å². The maximum Gasteiger partial charge on any atom is 0.336 e. The molecule has 0 atom stereocenters. The summed E-state index contributed by atoms with van der Waals surface area (Å²) in [5, 5.41) is 21.0. The van der Waals surface area contributed by atoms with Crippen molar-refractivity contribution in [3.05, 3.63) is 29.3 Å². The molecule has 6 nitrogen and oxygen atoms in total. The van der Waals surface area contributed by atoms with Gasteiger partial charge in [-0.3, -0.25) is 0 Å². The van der Waals surface area contributed by atoms with Crippen molar-refractivity contribution in [3.8, 4) is 0 Å². The van der Waals surface area contributed by atoms with E-state index in [1.165, 1.54) is 11.0 Å². The lowest BCUT2D eigenvalue weighted by atomic mass is 10.1. The summed E-state index contributed by atoms with van der Waals surface area (Å²) in [6, 6.07) is 4.28. The average Bonchev–Trinajstić information content (AvgIpc) is 2.39. The van der Waals surface area contributed by atoms with Gasteiger partial charge >= 0.3 is 12.0 Å². The molecule has 0 saturated carbocycles. The smallest absolute Gasteiger partial charge is 0.336 e. The first-order chi connectivity index (χ1) is 9.20. The third-order valence-electron chi connectivity index (χ3n) is 3.41. The number of hydrogen-bond donors (Lipinski definition) is 3. The molecule has 0 spiro atoms. The Hall–Kier alpha value is -2.08. The summed E-state index contributed by atoms with van der Waals surface area (Å²) in [7, 11) is 1.57. The molecule has 0 unspecified atom stereocenters. The average molecular weight is 280 g/mol. The Kier molecular flexibility index (Phi) is 4.73. The predicted molar refractivity (Wildman–Crippen MR) is 76.1 cm³/mol. The second-order valence-electron chi connectivity index (χ2n) is 5.24. The van der Waals surface area contributed by atoms with Gasteiger partial charge in [-0.05, 0) is 38.5 Å². The fraction of sp³-hybridized carbons (Fsp3) is 0.429. The molecule has 0 saturated heterocycles. The van der Waals surface area contributed by atoms with Crippen molar-refractivity contribution < 1.29 is 19.8 Å². The molecule has 1 aromatic carbocycles. The lowest BCUT2D eigenvalue weighted by Gasteiger charge is -2.34. The molecule has 20 heavy (non-hydrogen) atoms. The number of amides is 2. The van der Waals surface area contributed by atoms with Crippen molar-refractivity contribution in [3.63, 3.8) is 0 Å². The monoisotopic (exact) mass is 280 g/mol. The fourth-order valence-electron chi connectivity index (χ4n) is 1.58. The van der Waals surface area contributed by atoms with Crippen LogP contribution >= 0.6 is 0 Å². The molecule has 0 aliphatic heterocycles. The number of aliphatic hydroxyl groups excluding tert-OH is 1. The van der Waals surface area contributed by atoms with Gasteiger partial charge in [0.2, 0.25) is 0 Å². The highest BCUT2D eigenvalue weighted by Gasteiger charge is 2.27. The summed E-state index contributed by atoms with van der Waals surface area (Å²) < 4.78 is 0. The number of carboxylic acids is 1. The number of hydrogen-bond acceptors (Lipinski definition) is 3. The molecule has 0 heterocycles. The second kappa shape index (κ2) is 5.92. The number of nitrogens with zero attached hydrogens (tertiary/aromatic N) is 1. The molecule has 1 aromatic rings. The van der Waals surface area contributed by atoms with E-state index in [0.717, 1.165) is 0 Å². The van der Waals surface area contributed by atoms with Gasteiger partial charge in [0.1, 0.15) is 0 Å². The van der Waals surface area contributed by atoms with Crippen LogP contribution in [0.25, 0.3) is 0 Å². The summed E-state index contributed by atoms with van der Waals surface area (Å²) in [6.45, 7) is 4.92. The van der Waals surface area contributed by atoms with E-state index in [9.17, 15) is 14.7 Å². The molecule has 0 aromatic heterocycles. The van der Waals surface area contributed by atoms with Gasteiger partial charge in [-0.15, -0.1) is 0 Å². The lowest BCUT2D eigenvalue weighted by Crippen LogP contribution is -2.49. The van der Waals surface area contributed by atoms with Gasteiger partial charge in [0.15, 0.2) is 0 Å². The summed E-state index contributed by atoms with van der Waals surface area (Å²) in [5.41, 5.74) is 0.369. The molecule has 0 radical (unpaired) electrons. The molecule has 0 aliphatic carbocycles. The number of rotatable bonds is 4. The van der Waals surface area contributed by atoms with Crippen LogP contribution in [0.2, 0.25) is 0 Å². The highest BCUT2D eigenvalue weighted by atomic mass is 16.4. The number of nitrogens with one attached hydrogen (secondary N) is 1. The van der Waals surface area contributed by atoms with Crippen LogP contribution < -0.4 is 5.32 Å². The lowest BCUT2D eigenvalue weighted by molar-refractivity contribution is 0.0696. The first-order valence-corrected chi connectivity index (χ1v) is 6.19. The molecule has 0 aliphatic rings. The zero-order valence-electron chi connectivity index (χ0n) is 12.1. The van der Waals surface area contributed by atoms with Crippen molar-refractivity contribution in [1.82, 2.24) is 4.90 Å². The molecular formula is C14H20N2O4. The van der Waals surface area contributed by atoms with E-state index < -0.39 is 17.5 Å². The molecule has 3 N–H and O–H groups in total. The van der Waals surface area contributed by atoms with Gasteiger partial charge in [0.25, 0.3) is 0 Å². The third kappa shape index (κ3) is 3.27. The highest BCUT2D eigenvalue weighted by molar-refractivity contribution is 5.95. The maximum atomic E-state index is 12.1. The standard InChI is InChI=1S/C14H20N2O4/c1-9-10(12(18)19)6-5-7-11(9)15-13(20)16(4)14(2,3)8-17/h5-7,17H,8H2,1-4H3,(H,15,20)(H,18,19). The number of carboxylic acid groups (broad SMARTS) is 1. The number of aromatic carboxylic acids is 1. The van der Waals surface area contributed by atoms with Gasteiger partial charge in [-0.25, -0.2) is 9.59 Å². The van der Waals surface area contributed by atoms with Gasteiger partial charge < -0.3 is 20.4 Å². The van der Waals surface area contributed by atoms with E-state index in [0.29, 0.717) is 11.3 Å². The van der Waals surface area contributed by atoms with Crippen LogP contribution in [-0.2, 0) is 0 Å². The normalized spacial score (nSPS) is 11.1. The van der Waals surface area contributed by atoms with Crippen LogP contribution in [0.1, 0.15) is 29.8 Å². The first kappa shape index (κ1) is 16.0. The number of benzene rings is 1. The number of carbonyl (C=O) groups excluding carboxylic acids is 1. The molecule has 1 rings (SSSR count). The van der Waals surface area contributed by atoms with E-state index >= 15 is 0 Å². The quantitative estimate of drug-likeness (QED) is 0.786. The van der Waals surface area contributed by atoms with Crippen LogP contribution in [0, 0.1) is 6.92 Å². The van der Waals surface area contributed by atoms with E-state index in [2.05, 4.69) is 5.32 Å². The summed E-state index contributed by atoms with van der Waals surface area (Å²) in [6.07, 6.45) is 0. The summed E-state index contributed by atoms with van der Waals surface area (Å²) in [5.74, 6) is -1.04. The zero-order chi connectivity index (χ0) is 15.5. The number of carbonyl (C=O) groups is 2. The Morgan fingerprint density at radius 1 is 1.35 bits per heavy atom. The topological polar surface area (TPSA) is 89.9 Å². The Balaban J connectivity index is 2.97. The minimum absolute atomic E-state index is 0.145. The van der Waals surface area contributed by atoms with Crippen LogP contribution in [0.5, 0.6) is 0 Å². The molecule has 6 heteroatoms. The van der Waals surface area contributed by atoms with Crippen molar-refractivity contribution in [2.45, 2.75) is 26.3 Å². The summed E-state index contributed by atoms with van der Waals surface area (Å²) >= 11 is 0. The fourth-order valence-corrected chi connectivity index (χ4v) is 1.58. The molecule has 0 fully saturated rings. The summed E-state index contributed by atoms with van der Waals surface area (Å²) in [4.78, 5) is 24.5. The minimum Gasteiger partial charge on any atom is -0.478 e. The number of urea groups is 1. The Labute approximate surface area is 118 Å². The van der Waals surface area contributed by atoms with Gasteiger partial charge in [0.05, 0.1) is 17.7 Å². The van der Waals surface area contributed by atoms with Crippen molar-refractivity contribution in [1.29, 1.82) is 0 Å². The Morgan fingerprint density at radius 3 is 2.45 bits per heavy atom.